The van der Waals surface area contributed by atoms with E-state index in [0.29, 0.717) is 5.69 Å². The monoisotopic (exact) mass is 415 g/mol. The van der Waals surface area contributed by atoms with Gasteiger partial charge in [0.2, 0.25) is 0 Å². The average Bonchev–Trinajstić information content (AvgIpc) is 2.62. The van der Waals surface area contributed by atoms with Crippen molar-refractivity contribution in [2.45, 2.75) is 11.8 Å². The molecule has 2 amide bonds. The van der Waals surface area contributed by atoms with Crippen molar-refractivity contribution >= 4 is 33.1 Å². The molecule has 1 aromatic heterocycles. The highest BCUT2D eigenvalue weighted by Gasteiger charge is 2.20. The number of H-pyrrole nitrogens is 2. The molecule has 0 saturated heterocycles. The van der Waals surface area contributed by atoms with Crippen molar-refractivity contribution in [1.82, 2.24) is 9.97 Å². The molecular weight excluding hydrogens is 398 g/mol. The Morgan fingerprint density at radius 3 is 2.38 bits per heavy atom. The van der Waals surface area contributed by atoms with E-state index < -0.39 is 32.2 Å². The molecule has 0 aliphatic heterocycles. The highest BCUT2D eigenvalue weighted by atomic mass is 32.2. The van der Waals surface area contributed by atoms with Crippen LogP contribution in [0.1, 0.15) is 5.56 Å². The maximum atomic E-state index is 12.5. The minimum Gasteiger partial charge on any atom is -0.313 e. The third-order valence-corrected chi connectivity index (χ3v) is 5.14. The lowest BCUT2D eigenvalue weighted by molar-refractivity contribution is 0.262. The second-order valence-electron chi connectivity index (χ2n) is 6.04. The van der Waals surface area contributed by atoms with Gasteiger partial charge in [0.05, 0.1) is 11.4 Å². The van der Waals surface area contributed by atoms with Crippen LogP contribution in [0, 0.1) is 6.92 Å². The second kappa shape index (κ2) is 8.02. The van der Waals surface area contributed by atoms with Crippen LogP contribution in [0.15, 0.2) is 69.2 Å². The van der Waals surface area contributed by atoms with E-state index in [1.165, 1.54) is 12.1 Å². The molecule has 3 aromatic rings. The van der Waals surface area contributed by atoms with Crippen LogP contribution >= 0.6 is 0 Å². The van der Waals surface area contributed by atoms with Gasteiger partial charge < -0.3 is 15.6 Å². The van der Waals surface area contributed by atoms with Crippen molar-refractivity contribution in [1.29, 1.82) is 0 Å². The van der Waals surface area contributed by atoms with Crippen LogP contribution in [0.2, 0.25) is 0 Å². The van der Waals surface area contributed by atoms with Crippen LogP contribution in [-0.2, 0) is 10.0 Å². The van der Waals surface area contributed by atoms with E-state index >= 15 is 0 Å². The second-order valence-corrected chi connectivity index (χ2v) is 7.69. The minimum absolute atomic E-state index is 0.0393. The van der Waals surface area contributed by atoms with Gasteiger partial charge in [-0.1, -0.05) is 24.3 Å². The first kappa shape index (κ1) is 19.9. The summed E-state index contributed by atoms with van der Waals surface area (Å²) in [5, 5.41) is 5.20. The van der Waals surface area contributed by atoms with Gasteiger partial charge in [0.15, 0.2) is 4.90 Å². The van der Waals surface area contributed by atoms with E-state index in [4.69, 9.17) is 0 Å². The Labute approximate surface area is 165 Å². The lowest BCUT2D eigenvalue weighted by Crippen LogP contribution is -2.29. The van der Waals surface area contributed by atoms with Crippen molar-refractivity contribution < 1.29 is 13.2 Å². The van der Waals surface area contributed by atoms with E-state index in [1.54, 1.807) is 30.3 Å². The number of hydrogen-bond donors (Lipinski definition) is 5. The number of carbonyl (C=O) groups excluding carboxylic acids is 1. The first-order valence-corrected chi connectivity index (χ1v) is 9.81. The van der Waals surface area contributed by atoms with Gasteiger partial charge in [-0.15, -0.1) is 0 Å². The van der Waals surface area contributed by atoms with Gasteiger partial charge in [-0.3, -0.25) is 14.5 Å². The molecule has 10 nitrogen and oxygen atoms in total. The highest BCUT2D eigenvalue weighted by Crippen LogP contribution is 2.24. The summed E-state index contributed by atoms with van der Waals surface area (Å²) in [5.74, 6) is 0. The van der Waals surface area contributed by atoms with E-state index in [1.807, 2.05) is 18.0 Å². The fourth-order valence-corrected chi connectivity index (χ4v) is 3.57. The fraction of sp³-hybridized carbons (Fsp3) is 0.0556. The molecule has 150 valence electrons. The fourth-order valence-electron chi connectivity index (χ4n) is 2.49. The van der Waals surface area contributed by atoms with Gasteiger partial charge in [-0.2, -0.15) is 0 Å². The number of carbonyl (C=O) groups is 1. The third-order valence-electron chi connectivity index (χ3n) is 3.77. The Hall–Kier alpha value is -3.86. The number of anilines is 3. The summed E-state index contributed by atoms with van der Waals surface area (Å²) in [5.41, 5.74) is -0.158. The summed E-state index contributed by atoms with van der Waals surface area (Å²) in [6, 6.07) is 12.6. The van der Waals surface area contributed by atoms with Gasteiger partial charge in [-0.05, 0) is 36.8 Å². The molecule has 1 heterocycles. The molecule has 0 atom stereocenters. The number of benzene rings is 2. The molecule has 3 rings (SSSR count). The van der Waals surface area contributed by atoms with E-state index in [0.717, 1.165) is 11.8 Å². The molecule has 11 heteroatoms. The predicted molar refractivity (Wildman–Crippen MR) is 109 cm³/mol. The standard InChI is InChI=1S/C18H17N5O5S/c1-11-5-4-6-12(9-11)20-18(26)21-13-7-2-3-8-14(13)23-29(27,28)15-10-19-17(25)22-16(15)24/h2-10,23H,1H3,(H2,20,21,26)(H2,19,22,24,25). The molecule has 0 fully saturated rings. The Morgan fingerprint density at radius 2 is 1.69 bits per heavy atom. The van der Waals surface area contributed by atoms with Gasteiger partial charge in [0.1, 0.15) is 0 Å². The molecule has 0 unspecified atom stereocenters. The summed E-state index contributed by atoms with van der Waals surface area (Å²) in [7, 11) is -4.32. The maximum absolute atomic E-state index is 12.5. The quantitative estimate of drug-likeness (QED) is 0.430. The van der Waals surface area contributed by atoms with Crippen LogP contribution in [0.4, 0.5) is 21.9 Å². The third kappa shape index (κ3) is 4.90. The number of aryl methyl sites for hydroxylation is 1. The van der Waals surface area contributed by atoms with Crippen molar-refractivity contribution in [2.24, 2.45) is 0 Å². The number of amides is 2. The lowest BCUT2D eigenvalue weighted by Gasteiger charge is -2.14. The number of nitrogens with one attached hydrogen (secondary N) is 5. The number of urea groups is 1. The largest absolute Gasteiger partial charge is 0.325 e. The number of hydrogen-bond acceptors (Lipinski definition) is 5. The van der Waals surface area contributed by atoms with Crippen LogP contribution in [0.3, 0.4) is 0 Å². The summed E-state index contributed by atoms with van der Waals surface area (Å²) in [6.07, 6.45) is 0.796. The van der Waals surface area contributed by atoms with E-state index in [2.05, 4.69) is 20.3 Å². The Bertz CT molecular complexity index is 1280. The molecule has 0 spiro atoms. The number of rotatable bonds is 5. The van der Waals surface area contributed by atoms with Crippen LogP contribution in [0.25, 0.3) is 0 Å². The number of sulfonamides is 1. The van der Waals surface area contributed by atoms with Gasteiger partial charge in [-0.25, -0.2) is 18.0 Å². The first-order chi connectivity index (χ1) is 13.7. The molecule has 0 aliphatic rings. The topological polar surface area (TPSA) is 153 Å². The molecule has 29 heavy (non-hydrogen) atoms. The van der Waals surface area contributed by atoms with Crippen molar-refractivity contribution in [3.05, 3.63) is 81.1 Å². The summed E-state index contributed by atoms with van der Waals surface area (Å²) in [4.78, 5) is 38.4. The summed E-state index contributed by atoms with van der Waals surface area (Å²) in [6.45, 7) is 1.88. The molecular formula is C18H17N5O5S. The number of aromatic amines is 2. The van der Waals surface area contributed by atoms with Crippen LogP contribution in [0.5, 0.6) is 0 Å². The van der Waals surface area contributed by atoms with Gasteiger partial charge >= 0.3 is 11.7 Å². The molecule has 0 radical (unpaired) electrons. The highest BCUT2D eigenvalue weighted by molar-refractivity contribution is 7.92. The average molecular weight is 415 g/mol. The van der Waals surface area contributed by atoms with E-state index in [9.17, 15) is 22.8 Å². The lowest BCUT2D eigenvalue weighted by atomic mass is 10.2. The Morgan fingerprint density at radius 1 is 0.966 bits per heavy atom. The molecule has 0 aliphatic carbocycles. The van der Waals surface area contributed by atoms with Crippen molar-refractivity contribution in [3.63, 3.8) is 0 Å². The summed E-state index contributed by atoms with van der Waals surface area (Å²) < 4.78 is 27.3. The number of aromatic nitrogens is 2. The molecule has 2 aromatic carbocycles. The Balaban J connectivity index is 1.82. The maximum Gasteiger partial charge on any atom is 0.325 e. The van der Waals surface area contributed by atoms with Crippen molar-refractivity contribution in [3.8, 4) is 0 Å². The summed E-state index contributed by atoms with van der Waals surface area (Å²) >= 11 is 0. The normalized spacial score (nSPS) is 10.9. The zero-order valence-electron chi connectivity index (χ0n) is 15.1. The molecule has 0 saturated carbocycles. The zero-order valence-corrected chi connectivity index (χ0v) is 16.0. The van der Waals surface area contributed by atoms with Crippen molar-refractivity contribution in [2.75, 3.05) is 15.4 Å². The van der Waals surface area contributed by atoms with Crippen LogP contribution < -0.4 is 26.6 Å². The van der Waals surface area contributed by atoms with E-state index in [-0.39, 0.29) is 11.4 Å². The van der Waals surface area contributed by atoms with Gasteiger partial charge in [0.25, 0.3) is 15.6 Å². The zero-order chi connectivity index (χ0) is 21.0. The SMILES string of the molecule is Cc1cccc(NC(=O)Nc2ccccc2NS(=O)(=O)c2c[nH]c(=O)[nH]c2=O)c1. The first-order valence-electron chi connectivity index (χ1n) is 8.33. The smallest absolute Gasteiger partial charge is 0.313 e. The number of para-hydroxylation sites is 2. The molecule has 0 bridgehead atoms. The minimum atomic E-state index is -4.32. The van der Waals surface area contributed by atoms with Gasteiger partial charge in [0, 0.05) is 11.9 Å². The Kier molecular flexibility index (Phi) is 5.50. The molecule has 5 N–H and O–H groups in total. The van der Waals surface area contributed by atoms with Crippen LogP contribution in [-0.4, -0.2) is 24.4 Å². The predicted octanol–water partition coefficient (Wildman–Crippen LogP) is 1.82.